The van der Waals surface area contributed by atoms with Crippen LogP contribution in [-0.4, -0.2) is 48.3 Å². The summed E-state index contributed by atoms with van der Waals surface area (Å²) in [5, 5.41) is 8.72. The topological polar surface area (TPSA) is 49.8 Å². The fraction of sp³-hybridized carbons (Fsp3) is 0.909. The number of hydrogen-bond acceptors (Lipinski definition) is 3. The lowest BCUT2D eigenvalue weighted by Gasteiger charge is -2.36. The van der Waals surface area contributed by atoms with Gasteiger partial charge in [-0.1, -0.05) is 13.8 Å². The Morgan fingerprint density at radius 1 is 1.60 bits per heavy atom. The van der Waals surface area contributed by atoms with E-state index < -0.39 is 5.97 Å². The summed E-state index contributed by atoms with van der Waals surface area (Å²) in [6.45, 7) is 5.15. The summed E-state index contributed by atoms with van der Waals surface area (Å²) in [5.74, 6) is -0.254. The Morgan fingerprint density at radius 2 is 2.27 bits per heavy atom. The second-order valence-electron chi connectivity index (χ2n) is 4.64. The normalized spacial score (nSPS) is 27.3. The molecule has 1 N–H and O–H groups in total. The van der Waals surface area contributed by atoms with E-state index in [0.29, 0.717) is 12.0 Å². The molecule has 0 aromatic heterocycles. The van der Waals surface area contributed by atoms with E-state index in [4.69, 9.17) is 9.84 Å². The van der Waals surface area contributed by atoms with Crippen molar-refractivity contribution in [1.82, 2.24) is 4.90 Å². The molecular weight excluding hydrogens is 194 g/mol. The van der Waals surface area contributed by atoms with Gasteiger partial charge in [-0.15, -0.1) is 0 Å². The lowest BCUT2D eigenvalue weighted by molar-refractivity contribution is -0.139. The Hall–Kier alpha value is -0.610. The molecular formula is C11H21NO3. The predicted octanol–water partition coefficient (Wildman–Crippen LogP) is 1.21. The fourth-order valence-electron chi connectivity index (χ4n) is 2.02. The van der Waals surface area contributed by atoms with Crippen molar-refractivity contribution in [3.8, 4) is 0 Å². The first-order valence-corrected chi connectivity index (χ1v) is 5.54. The van der Waals surface area contributed by atoms with Crippen LogP contribution in [0.1, 0.15) is 26.7 Å². The molecule has 4 nitrogen and oxygen atoms in total. The Balaban J connectivity index is 2.44. The van der Waals surface area contributed by atoms with Crippen molar-refractivity contribution in [1.29, 1.82) is 0 Å². The Morgan fingerprint density at radius 3 is 2.80 bits per heavy atom. The van der Waals surface area contributed by atoms with Gasteiger partial charge in [-0.05, 0) is 25.8 Å². The summed E-state index contributed by atoms with van der Waals surface area (Å²) < 4.78 is 5.65. The van der Waals surface area contributed by atoms with Crippen molar-refractivity contribution in [2.75, 3.05) is 20.2 Å². The Labute approximate surface area is 91.2 Å². The number of hydrogen-bond donors (Lipinski definition) is 1. The van der Waals surface area contributed by atoms with Crippen molar-refractivity contribution in [3.63, 3.8) is 0 Å². The minimum atomic E-state index is -0.759. The maximum absolute atomic E-state index is 10.6. The molecule has 0 aromatic carbocycles. The Bertz CT molecular complexity index is 218. The van der Waals surface area contributed by atoms with E-state index in [1.54, 1.807) is 0 Å². The number of aliphatic carboxylic acids is 1. The molecule has 0 saturated carbocycles. The fourth-order valence-corrected chi connectivity index (χ4v) is 2.02. The molecule has 1 saturated heterocycles. The molecule has 1 rings (SSSR count). The lowest BCUT2D eigenvalue weighted by Crippen LogP contribution is -2.43. The van der Waals surface area contributed by atoms with E-state index in [0.717, 1.165) is 19.4 Å². The van der Waals surface area contributed by atoms with E-state index in [9.17, 15) is 4.79 Å². The Kier molecular flexibility index (Phi) is 4.54. The molecule has 0 bridgehead atoms. The van der Waals surface area contributed by atoms with Crippen molar-refractivity contribution in [3.05, 3.63) is 0 Å². The number of rotatable bonds is 4. The summed E-state index contributed by atoms with van der Waals surface area (Å²) in [4.78, 5) is 12.5. The number of nitrogens with zero attached hydrogens (tertiary/aromatic N) is 1. The monoisotopic (exact) mass is 215 g/mol. The van der Waals surface area contributed by atoms with Crippen LogP contribution in [0.4, 0.5) is 0 Å². The second-order valence-corrected chi connectivity index (χ2v) is 4.64. The predicted molar refractivity (Wildman–Crippen MR) is 57.9 cm³/mol. The van der Waals surface area contributed by atoms with Gasteiger partial charge >= 0.3 is 5.97 Å². The first kappa shape index (κ1) is 12.5. The van der Waals surface area contributed by atoms with Crippen LogP contribution in [0.2, 0.25) is 0 Å². The van der Waals surface area contributed by atoms with Crippen molar-refractivity contribution in [2.24, 2.45) is 5.92 Å². The van der Waals surface area contributed by atoms with E-state index in [1.165, 1.54) is 0 Å². The zero-order valence-electron chi connectivity index (χ0n) is 9.77. The van der Waals surface area contributed by atoms with Crippen LogP contribution in [0.3, 0.4) is 0 Å². The highest BCUT2D eigenvalue weighted by atomic mass is 16.5. The zero-order valence-corrected chi connectivity index (χ0v) is 9.77. The molecule has 1 heterocycles. The van der Waals surface area contributed by atoms with Crippen LogP contribution in [0.25, 0.3) is 0 Å². The number of likely N-dealkylation sites (N-methyl/N-ethyl adjacent to an activating group) is 1. The highest BCUT2D eigenvalue weighted by Gasteiger charge is 2.27. The van der Waals surface area contributed by atoms with Crippen molar-refractivity contribution >= 4 is 5.97 Å². The van der Waals surface area contributed by atoms with Crippen molar-refractivity contribution in [2.45, 2.75) is 38.8 Å². The molecule has 1 fully saturated rings. The third-order valence-electron chi connectivity index (χ3n) is 3.04. The third kappa shape index (κ3) is 3.80. The quantitative estimate of drug-likeness (QED) is 0.765. The first-order chi connectivity index (χ1) is 7.00. The van der Waals surface area contributed by atoms with Crippen molar-refractivity contribution < 1.29 is 14.6 Å². The molecule has 0 spiro atoms. The molecule has 4 heteroatoms. The molecule has 88 valence electrons. The van der Waals surface area contributed by atoms with E-state index in [-0.39, 0.29) is 12.6 Å². The van der Waals surface area contributed by atoms with Crippen LogP contribution in [0.5, 0.6) is 0 Å². The SMILES string of the molecule is CC(C)C1CC(N(C)CC(=O)O)CCO1. The van der Waals surface area contributed by atoms with Crippen LogP contribution in [-0.2, 0) is 9.53 Å². The summed E-state index contributed by atoms with van der Waals surface area (Å²) in [6.07, 6.45) is 2.16. The van der Waals surface area contributed by atoms with E-state index >= 15 is 0 Å². The van der Waals surface area contributed by atoms with Gasteiger partial charge in [-0.3, -0.25) is 9.69 Å². The molecule has 2 unspecified atom stereocenters. The minimum absolute atomic E-state index is 0.121. The standard InChI is InChI=1S/C11H21NO3/c1-8(2)10-6-9(4-5-15-10)12(3)7-11(13)14/h8-10H,4-7H2,1-3H3,(H,13,14). The van der Waals surface area contributed by atoms with Gasteiger partial charge in [0.05, 0.1) is 12.6 Å². The second kappa shape index (κ2) is 5.47. The molecule has 2 atom stereocenters. The number of carboxylic acids is 1. The van der Waals surface area contributed by atoms with Crippen LogP contribution in [0.15, 0.2) is 0 Å². The summed E-state index contributed by atoms with van der Waals surface area (Å²) in [5.41, 5.74) is 0. The summed E-state index contributed by atoms with van der Waals surface area (Å²) in [7, 11) is 1.88. The summed E-state index contributed by atoms with van der Waals surface area (Å²) >= 11 is 0. The third-order valence-corrected chi connectivity index (χ3v) is 3.04. The number of carbonyl (C=O) groups is 1. The van der Waals surface area contributed by atoms with Gasteiger partial charge < -0.3 is 9.84 Å². The van der Waals surface area contributed by atoms with Crippen LogP contribution < -0.4 is 0 Å². The van der Waals surface area contributed by atoms with Crippen LogP contribution in [0, 0.1) is 5.92 Å². The molecule has 15 heavy (non-hydrogen) atoms. The maximum atomic E-state index is 10.6. The molecule has 0 radical (unpaired) electrons. The minimum Gasteiger partial charge on any atom is -0.480 e. The van der Waals surface area contributed by atoms with Gasteiger partial charge in [0, 0.05) is 12.6 Å². The largest absolute Gasteiger partial charge is 0.480 e. The molecule has 1 aliphatic rings. The van der Waals surface area contributed by atoms with Gasteiger partial charge in [0.15, 0.2) is 0 Å². The van der Waals surface area contributed by atoms with Gasteiger partial charge in [-0.25, -0.2) is 0 Å². The molecule has 1 aliphatic heterocycles. The van der Waals surface area contributed by atoms with E-state index in [2.05, 4.69) is 13.8 Å². The smallest absolute Gasteiger partial charge is 0.317 e. The van der Waals surface area contributed by atoms with Gasteiger partial charge in [0.2, 0.25) is 0 Å². The highest BCUT2D eigenvalue weighted by Crippen LogP contribution is 2.22. The highest BCUT2D eigenvalue weighted by molar-refractivity contribution is 5.69. The average Bonchev–Trinajstić information content (AvgIpc) is 2.17. The first-order valence-electron chi connectivity index (χ1n) is 5.54. The van der Waals surface area contributed by atoms with Crippen LogP contribution >= 0.6 is 0 Å². The summed E-state index contributed by atoms with van der Waals surface area (Å²) in [6, 6.07) is 0.349. The number of ether oxygens (including phenoxy) is 1. The average molecular weight is 215 g/mol. The zero-order chi connectivity index (χ0) is 11.4. The molecule has 0 aromatic rings. The lowest BCUT2D eigenvalue weighted by atomic mass is 9.94. The van der Waals surface area contributed by atoms with Gasteiger partial charge in [0.1, 0.15) is 0 Å². The maximum Gasteiger partial charge on any atom is 0.317 e. The molecule has 0 aliphatic carbocycles. The van der Waals surface area contributed by atoms with E-state index in [1.807, 2.05) is 11.9 Å². The van der Waals surface area contributed by atoms with Gasteiger partial charge in [0.25, 0.3) is 0 Å². The molecule has 0 amide bonds. The van der Waals surface area contributed by atoms with Gasteiger partial charge in [-0.2, -0.15) is 0 Å². The number of carboxylic acid groups (broad SMARTS) is 1.